The number of carboxylic acid groups (broad SMARTS) is 1. The minimum Gasteiger partial charge on any atom is -0.480 e. The molecule has 0 saturated carbocycles. The number of aliphatic carboxylic acids is 1. The van der Waals surface area contributed by atoms with Crippen LogP contribution in [-0.2, 0) is 9.59 Å². The van der Waals surface area contributed by atoms with Crippen LogP contribution in [0.25, 0.3) is 0 Å². The van der Waals surface area contributed by atoms with Gasteiger partial charge in [0.15, 0.2) is 0 Å². The molecule has 0 spiro atoms. The molecule has 0 aromatic heterocycles. The molecule has 110 valence electrons. The van der Waals surface area contributed by atoms with Gasteiger partial charge in [-0.25, -0.2) is 9.59 Å². The normalized spacial score (nSPS) is 13.6. The highest BCUT2D eigenvalue weighted by atomic mass is 16.4. The van der Waals surface area contributed by atoms with Crippen LogP contribution in [-0.4, -0.2) is 53.6 Å². The molecule has 3 amide bonds. The Morgan fingerprint density at radius 1 is 1.16 bits per heavy atom. The van der Waals surface area contributed by atoms with Crippen molar-refractivity contribution >= 4 is 17.9 Å². The van der Waals surface area contributed by atoms with E-state index in [0.717, 1.165) is 4.90 Å². The fraction of sp³-hybridized carbons (Fsp3) is 0.750. The van der Waals surface area contributed by atoms with Gasteiger partial charge in [0.2, 0.25) is 5.91 Å². The van der Waals surface area contributed by atoms with Gasteiger partial charge in [0.25, 0.3) is 0 Å². The third kappa shape index (κ3) is 6.08. The number of carboxylic acids is 1. The maximum absolute atomic E-state index is 11.7. The molecule has 3 N–H and O–H groups in total. The molecule has 7 nitrogen and oxygen atoms in total. The van der Waals surface area contributed by atoms with Gasteiger partial charge in [0.05, 0.1) is 0 Å². The SMILES string of the molecule is CC(C)CNC(=O)C(C)NC(=O)N(C)C(C)C(=O)O. The first-order valence-corrected chi connectivity index (χ1v) is 6.20. The van der Waals surface area contributed by atoms with E-state index < -0.39 is 24.1 Å². The first-order chi connectivity index (χ1) is 8.66. The highest BCUT2D eigenvalue weighted by Crippen LogP contribution is 1.97. The van der Waals surface area contributed by atoms with Crippen LogP contribution in [0.4, 0.5) is 4.79 Å². The van der Waals surface area contributed by atoms with Crippen molar-refractivity contribution in [1.82, 2.24) is 15.5 Å². The molecule has 0 aromatic rings. The average Bonchev–Trinajstić information content (AvgIpc) is 2.33. The highest BCUT2D eigenvalue weighted by Gasteiger charge is 2.24. The third-order valence-corrected chi connectivity index (χ3v) is 2.68. The monoisotopic (exact) mass is 273 g/mol. The van der Waals surface area contributed by atoms with Gasteiger partial charge in [-0.15, -0.1) is 0 Å². The Morgan fingerprint density at radius 3 is 2.11 bits per heavy atom. The second-order valence-corrected chi connectivity index (χ2v) is 4.94. The Morgan fingerprint density at radius 2 is 1.68 bits per heavy atom. The molecule has 0 saturated heterocycles. The van der Waals surface area contributed by atoms with E-state index in [1.54, 1.807) is 6.92 Å². The molecule has 7 heteroatoms. The van der Waals surface area contributed by atoms with E-state index in [-0.39, 0.29) is 5.91 Å². The van der Waals surface area contributed by atoms with Crippen molar-refractivity contribution in [3.05, 3.63) is 0 Å². The number of carbonyl (C=O) groups excluding carboxylic acids is 2. The largest absolute Gasteiger partial charge is 0.480 e. The van der Waals surface area contributed by atoms with Gasteiger partial charge in [-0.3, -0.25) is 4.79 Å². The quantitative estimate of drug-likeness (QED) is 0.646. The summed E-state index contributed by atoms with van der Waals surface area (Å²) < 4.78 is 0. The number of rotatable bonds is 6. The van der Waals surface area contributed by atoms with E-state index in [1.165, 1.54) is 14.0 Å². The third-order valence-electron chi connectivity index (χ3n) is 2.68. The van der Waals surface area contributed by atoms with Crippen molar-refractivity contribution < 1.29 is 19.5 Å². The van der Waals surface area contributed by atoms with Crippen LogP contribution in [0, 0.1) is 5.92 Å². The van der Waals surface area contributed by atoms with Crippen LogP contribution in [0.15, 0.2) is 0 Å². The van der Waals surface area contributed by atoms with Gasteiger partial charge in [-0.1, -0.05) is 13.8 Å². The summed E-state index contributed by atoms with van der Waals surface area (Å²) in [5.74, 6) is -1.07. The molecule has 0 aliphatic heterocycles. The summed E-state index contributed by atoms with van der Waals surface area (Å²) in [5, 5.41) is 13.9. The highest BCUT2D eigenvalue weighted by molar-refractivity contribution is 5.88. The smallest absolute Gasteiger partial charge is 0.326 e. The number of hydrogen-bond acceptors (Lipinski definition) is 3. The molecule has 2 unspecified atom stereocenters. The topological polar surface area (TPSA) is 98.7 Å². The maximum atomic E-state index is 11.7. The van der Waals surface area contributed by atoms with E-state index in [4.69, 9.17) is 5.11 Å². The first kappa shape index (κ1) is 17.2. The van der Waals surface area contributed by atoms with Crippen LogP contribution < -0.4 is 10.6 Å². The zero-order valence-corrected chi connectivity index (χ0v) is 12.1. The van der Waals surface area contributed by atoms with Crippen LogP contribution in [0.2, 0.25) is 0 Å². The molecule has 0 aromatic carbocycles. The van der Waals surface area contributed by atoms with Crippen LogP contribution in [0.3, 0.4) is 0 Å². The van der Waals surface area contributed by atoms with E-state index in [1.807, 2.05) is 13.8 Å². The minimum atomic E-state index is -1.10. The molecule has 0 aliphatic carbocycles. The summed E-state index contributed by atoms with van der Waals surface area (Å²) >= 11 is 0. The van der Waals surface area contributed by atoms with E-state index in [9.17, 15) is 14.4 Å². The Bertz CT molecular complexity index is 344. The summed E-state index contributed by atoms with van der Waals surface area (Å²) in [6.45, 7) is 7.40. The van der Waals surface area contributed by atoms with Gasteiger partial charge in [-0.05, 0) is 19.8 Å². The molecule has 0 rings (SSSR count). The lowest BCUT2D eigenvalue weighted by atomic mass is 10.2. The molecular formula is C12H23N3O4. The van der Waals surface area contributed by atoms with Crippen molar-refractivity contribution in [3.63, 3.8) is 0 Å². The van der Waals surface area contributed by atoms with Gasteiger partial charge in [-0.2, -0.15) is 0 Å². The lowest BCUT2D eigenvalue weighted by Gasteiger charge is -2.24. The fourth-order valence-electron chi connectivity index (χ4n) is 1.15. The Balaban J connectivity index is 4.32. The van der Waals surface area contributed by atoms with Crippen molar-refractivity contribution in [2.24, 2.45) is 5.92 Å². The molecule has 0 aliphatic rings. The molecule has 0 bridgehead atoms. The van der Waals surface area contributed by atoms with Gasteiger partial charge < -0.3 is 20.6 Å². The maximum Gasteiger partial charge on any atom is 0.326 e. The Hall–Kier alpha value is -1.79. The van der Waals surface area contributed by atoms with Crippen LogP contribution >= 0.6 is 0 Å². The van der Waals surface area contributed by atoms with Crippen molar-refractivity contribution in [3.8, 4) is 0 Å². The van der Waals surface area contributed by atoms with Crippen molar-refractivity contribution in [1.29, 1.82) is 0 Å². The molecule has 2 atom stereocenters. The van der Waals surface area contributed by atoms with E-state index in [2.05, 4.69) is 10.6 Å². The van der Waals surface area contributed by atoms with Crippen molar-refractivity contribution in [2.45, 2.75) is 39.8 Å². The number of amides is 3. The molecule has 0 heterocycles. The average molecular weight is 273 g/mol. The van der Waals surface area contributed by atoms with Crippen LogP contribution in [0.5, 0.6) is 0 Å². The van der Waals surface area contributed by atoms with E-state index in [0.29, 0.717) is 12.5 Å². The number of nitrogens with one attached hydrogen (secondary N) is 2. The van der Waals surface area contributed by atoms with Gasteiger partial charge in [0, 0.05) is 13.6 Å². The molecule has 19 heavy (non-hydrogen) atoms. The van der Waals surface area contributed by atoms with Gasteiger partial charge >= 0.3 is 12.0 Å². The molecule has 0 radical (unpaired) electrons. The number of urea groups is 1. The van der Waals surface area contributed by atoms with Crippen molar-refractivity contribution in [2.75, 3.05) is 13.6 Å². The Kier molecular flexibility index (Phi) is 6.89. The fourth-order valence-corrected chi connectivity index (χ4v) is 1.15. The Labute approximate surface area is 113 Å². The second-order valence-electron chi connectivity index (χ2n) is 4.94. The minimum absolute atomic E-state index is 0.293. The summed E-state index contributed by atoms with van der Waals surface area (Å²) in [5.41, 5.74) is 0. The number of nitrogens with zero attached hydrogens (tertiary/aromatic N) is 1. The summed E-state index contributed by atoms with van der Waals surface area (Å²) in [4.78, 5) is 35.1. The number of likely N-dealkylation sites (N-methyl/N-ethyl adjacent to an activating group) is 1. The molecule has 0 fully saturated rings. The zero-order chi connectivity index (χ0) is 15.2. The van der Waals surface area contributed by atoms with Crippen LogP contribution in [0.1, 0.15) is 27.7 Å². The lowest BCUT2D eigenvalue weighted by molar-refractivity contribution is -0.141. The summed E-state index contributed by atoms with van der Waals surface area (Å²) in [6, 6.07) is -2.26. The van der Waals surface area contributed by atoms with Gasteiger partial charge in [0.1, 0.15) is 12.1 Å². The number of hydrogen-bond donors (Lipinski definition) is 3. The zero-order valence-electron chi connectivity index (χ0n) is 12.1. The van der Waals surface area contributed by atoms with E-state index >= 15 is 0 Å². The second kappa shape index (κ2) is 7.60. The number of carbonyl (C=O) groups is 3. The predicted octanol–water partition coefficient (Wildman–Crippen LogP) is 0.262. The molecular weight excluding hydrogens is 250 g/mol. The standard InChI is InChI=1S/C12H23N3O4/c1-7(2)6-13-10(16)8(3)14-12(19)15(5)9(4)11(17)18/h7-9H,6H2,1-5H3,(H,13,16)(H,14,19)(H,17,18). The first-order valence-electron chi connectivity index (χ1n) is 6.20. The summed E-state index contributed by atoms with van der Waals surface area (Å²) in [7, 11) is 1.37. The predicted molar refractivity (Wildman–Crippen MR) is 70.7 cm³/mol. The lowest BCUT2D eigenvalue weighted by Crippen LogP contribution is -2.52. The summed E-state index contributed by atoms with van der Waals surface area (Å²) in [6.07, 6.45) is 0.